The maximum Gasteiger partial charge on any atom is 0.408 e. The Bertz CT molecular complexity index is 1440. The summed E-state index contributed by atoms with van der Waals surface area (Å²) in [5, 5.41) is 15.3. The van der Waals surface area contributed by atoms with Gasteiger partial charge < -0.3 is 25.0 Å². The van der Waals surface area contributed by atoms with E-state index < -0.39 is 59.7 Å². The van der Waals surface area contributed by atoms with Crippen LogP contribution in [0.4, 0.5) is 4.79 Å². The third-order valence-electron chi connectivity index (χ3n) is 6.48. The minimum absolute atomic E-state index is 0.0551. The van der Waals surface area contributed by atoms with Gasteiger partial charge in [-0.25, -0.2) is 9.59 Å². The fraction of sp³-hybridized carbons (Fsp3) is 0.472. The van der Waals surface area contributed by atoms with Gasteiger partial charge in [-0.3, -0.25) is 9.59 Å². The van der Waals surface area contributed by atoms with Crippen molar-refractivity contribution in [3.05, 3.63) is 71.3 Å². The third kappa shape index (κ3) is 11.9. The normalized spacial score (nSPS) is 13.3. The summed E-state index contributed by atoms with van der Waals surface area (Å²) in [6.07, 6.45) is 5.29. The van der Waals surface area contributed by atoms with Gasteiger partial charge in [0.25, 0.3) is 0 Å². The molecule has 0 fully saturated rings. The predicted octanol–water partition coefficient (Wildman–Crippen LogP) is 5.07. The molecule has 10 heteroatoms. The van der Waals surface area contributed by atoms with Gasteiger partial charge in [0.15, 0.2) is 0 Å². The van der Waals surface area contributed by atoms with Gasteiger partial charge in [-0.2, -0.15) is 5.26 Å². The number of esters is 1. The van der Waals surface area contributed by atoms with Crippen LogP contribution in [0.5, 0.6) is 0 Å². The SMILES string of the molecule is C#Cc1ccccc1C(C(=O)NC(Cc1ccccc1)C(=O)OC(C)(C)C)N(CC#N)C(=O)C(CC(C)C)NC(=O)OC(C)(C)C. The second-order valence-corrected chi connectivity index (χ2v) is 13.4. The van der Waals surface area contributed by atoms with E-state index in [9.17, 15) is 24.4 Å². The molecule has 0 aliphatic carbocycles. The predicted molar refractivity (Wildman–Crippen MR) is 175 cm³/mol. The molecule has 2 aromatic carbocycles. The molecule has 46 heavy (non-hydrogen) atoms. The van der Waals surface area contributed by atoms with Gasteiger partial charge >= 0.3 is 12.1 Å². The molecule has 0 aliphatic heterocycles. The molecule has 0 heterocycles. The number of terminal acetylenes is 1. The Morgan fingerprint density at radius 3 is 2.00 bits per heavy atom. The van der Waals surface area contributed by atoms with Crippen molar-refractivity contribution in [2.24, 2.45) is 5.92 Å². The smallest absolute Gasteiger partial charge is 0.408 e. The van der Waals surface area contributed by atoms with Crippen molar-refractivity contribution in [2.45, 2.75) is 97.6 Å². The zero-order valence-electron chi connectivity index (χ0n) is 28.0. The summed E-state index contributed by atoms with van der Waals surface area (Å²) in [7, 11) is 0. The van der Waals surface area contributed by atoms with E-state index in [1.165, 1.54) is 0 Å². The largest absolute Gasteiger partial charge is 0.458 e. The number of nitrogens with one attached hydrogen (secondary N) is 2. The number of hydrogen-bond donors (Lipinski definition) is 2. The Morgan fingerprint density at radius 2 is 1.46 bits per heavy atom. The van der Waals surface area contributed by atoms with Crippen LogP contribution in [0, 0.1) is 29.6 Å². The maximum atomic E-state index is 14.4. The van der Waals surface area contributed by atoms with Crippen molar-refractivity contribution in [1.29, 1.82) is 5.26 Å². The summed E-state index contributed by atoms with van der Waals surface area (Å²) in [6.45, 7) is 13.5. The van der Waals surface area contributed by atoms with Crippen LogP contribution in [0.25, 0.3) is 0 Å². The lowest BCUT2D eigenvalue weighted by Crippen LogP contribution is -2.55. The van der Waals surface area contributed by atoms with Crippen LogP contribution in [0.1, 0.15) is 84.5 Å². The zero-order chi connectivity index (χ0) is 34.7. The van der Waals surface area contributed by atoms with Crippen molar-refractivity contribution in [1.82, 2.24) is 15.5 Å². The molecule has 0 radical (unpaired) electrons. The highest BCUT2D eigenvalue weighted by atomic mass is 16.6. The van der Waals surface area contributed by atoms with Gasteiger partial charge in [-0.1, -0.05) is 68.3 Å². The number of rotatable bonds is 12. The van der Waals surface area contributed by atoms with E-state index in [4.69, 9.17) is 15.9 Å². The molecule has 2 N–H and O–H groups in total. The molecule has 3 atom stereocenters. The fourth-order valence-electron chi connectivity index (χ4n) is 4.70. The Labute approximate surface area is 272 Å². The first-order chi connectivity index (χ1) is 21.5. The van der Waals surface area contributed by atoms with E-state index in [-0.39, 0.29) is 24.3 Å². The molecule has 3 amide bonds. The first-order valence-corrected chi connectivity index (χ1v) is 15.2. The molecule has 0 saturated heterocycles. The summed E-state index contributed by atoms with van der Waals surface area (Å²) in [4.78, 5) is 55.9. The maximum absolute atomic E-state index is 14.4. The lowest BCUT2D eigenvalue weighted by Gasteiger charge is -2.34. The lowest BCUT2D eigenvalue weighted by molar-refractivity contribution is -0.159. The zero-order valence-corrected chi connectivity index (χ0v) is 28.0. The van der Waals surface area contributed by atoms with Gasteiger partial charge in [-0.05, 0) is 71.1 Å². The van der Waals surface area contributed by atoms with Gasteiger partial charge in [0, 0.05) is 12.0 Å². The van der Waals surface area contributed by atoms with E-state index in [1.807, 2.05) is 50.2 Å². The number of nitriles is 1. The van der Waals surface area contributed by atoms with E-state index in [0.29, 0.717) is 5.56 Å². The number of alkyl carbamates (subject to hydrolysis) is 1. The molecule has 2 rings (SSSR count). The van der Waals surface area contributed by atoms with Crippen LogP contribution in [0.3, 0.4) is 0 Å². The minimum atomic E-state index is -1.43. The first kappa shape index (κ1) is 37.4. The van der Waals surface area contributed by atoms with E-state index in [2.05, 4.69) is 16.6 Å². The second kappa shape index (κ2) is 16.5. The molecule has 0 spiro atoms. The molecule has 246 valence electrons. The van der Waals surface area contributed by atoms with Crippen molar-refractivity contribution in [3.63, 3.8) is 0 Å². The van der Waals surface area contributed by atoms with Crippen LogP contribution >= 0.6 is 0 Å². The second-order valence-electron chi connectivity index (χ2n) is 13.4. The fourth-order valence-corrected chi connectivity index (χ4v) is 4.70. The van der Waals surface area contributed by atoms with E-state index >= 15 is 0 Å². The van der Waals surface area contributed by atoms with Gasteiger partial charge in [-0.15, -0.1) is 6.42 Å². The molecule has 0 aromatic heterocycles. The first-order valence-electron chi connectivity index (χ1n) is 15.2. The molecular weight excluding hydrogens is 584 g/mol. The molecule has 0 bridgehead atoms. The number of nitrogens with zero attached hydrogens (tertiary/aromatic N) is 2. The summed E-state index contributed by atoms with van der Waals surface area (Å²) in [6, 6.07) is 13.9. The highest BCUT2D eigenvalue weighted by Gasteiger charge is 2.39. The van der Waals surface area contributed by atoms with E-state index in [1.54, 1.807) is 65.8 Å². The standard InChI is InChI=1S/C36H46N4O6/c1-10-26-18-14-15-19-27(26)30(31(41)38-29(33(43)45-35(4,5)6)23-25-16-12-11-13-17-25)40(21-20-37)32(42)28(22-24(2)3)39-34(44)46-36(7,8)9/h1,11-19,24,28-30H,21-23H2,2-9H3,(H,38,41)(H,39,44). The molecular formula is C36H46N4O6. The summed E-state index contributed by atoms with van der Waals surface area (Å²) >= 11 is 0. The van der Waals surface area contributed by atoms with Crippen LogP contribution < -0.4 is 10.6 Å². The van der Waals surface area contributed by atoms with Crippen LogP contribution in [0.2, 0.25) is 0 Å². The Morgan fingerprint density at radius 1 is 0.870 bits per heavy atom. The van der Waals surface area contributed by atoms with Crippen LogP contribution in [0.15, 0.2) is 54.6 Å². The van der Waals surface area contributed by atoms with Crippen molar-refractivity contribution >= 4 is 23.9 Å². The highest BCUT2D eigenvalue weighted by Crippen LogP contribution is 2.27. The molecule has 0 saturated carbocycles. The Balaban J connectivity index is 2.64. The van der Waals surface area contributed by atoms with Gasteiger partial charge in [0.05, 0.1) is 6.07 Å². The molecule has 2 aromatic rings. The number of carbonyl (C=O) groups is 4. The summed E-state index contributed by atoms with van der Waals surface area (Å²) in [5.74, 6) is 0.385. The summed E-state index contributed by atoms with van der Waals surface area (Å²) in [5.41, 5.74) is -0.314. The van der Waals surface area contributed by atoms with Crippen molar-refractivity contribution in [2.75, 3.05) is 6.54 Å². The number of hydrogen-bond acceptors (Lipinski definition) is 7. The Kier molecular flexibility index (Phi) is 13.4. The highest BCUT2D eigenvalue weighted by molar-refractivity contribution is 5.94. The average Bonchev–Trinajstić information content (AvgIpc) is 2.94. The number of amides is 3. The lowest BCUT2D eigenvalue weighted by atomic mass is 9.95. The van der Waals surface area contributed by atoms with E-state index in [0.717, 1.165) is 10.5 Å². The monoisotopic (exact) mass is 630 g/mol. The minimum Gasteiger partial charge on any atom is -0.458 e. The van der Waals surface area contributed by atoms with Crippen LogP contribution in [-0.2, 0) is 30.3 Å². The van der Waals surface area contributed by atoms with Crippen LogP contribution in [-0.4, -0.2) is 58.6 Å². The topological polar surface area (TPSA) is 138 Å². The molecule has 10 nitrogen and oxygen atoms in total. The average molecular weight is 631 g/mol. The Hall–Kier alpha value is -4.83. The summed E-state index contributed by atoms with van der Waals surface area (Å²) < 4.78 is 11.0. The van der Waals surface area contributed by atoms with Gasteiger partial charge in [0.2, 0.25) is 11.8 Å². The van der Waals surface area contributed by atoms with Gasteiger partial charge in [0.1, 0.15) is 35.9 Å². The van der Waals surface area contributed by atoms with Crippen molar-refractivity contribution < 1.29 is 28.7 Å². The number of benzene rings is 2. The number of carbonyl (C=O) groups excluding carboxylic acids is 4. The molecule has 0 aliphatic rings. The quantitative estimate of drug-likeness (QED) is 0.190. The number of ether oxygens (including phenoxy) is 2. The van der Waals surface area contributed by atoms with Crippen molar-refractivity contribution in [3.8, 4) is 18.4 Å². The molecule has 3 unspecified atom stereocenters. The third-order valence-corrected chi connectivity index (χ3v) is 6.48.